The van der Waals surface area contributed by atoms with Crippen molar-refractivity contribution in [2.45, 2.75) is 19.3 Å². The largest absolute Gasteiger partial charge is 0.382 e. The number of amides is 1. The highest BCUT2D eigenvalue weighted by Crippen LogP contribution is 2.21. The molecule has 18 heavy (non-hydrogen) atoms. The zero-order chi connectivity index (χ0) is 12.5. The van der Waals surface area contributed by atoms with Crippen molar-refractivity contribution in [3.05, 3.63) is 23.8 Å². The maximum atomic E-state index is 12.3. The smallest absolute Gasteiger partial charge is 0.253 e. The molecule has 2 aromatic rings. The second kappa shape index (κ2) is 4.33. The van der Waals surface area contributed by atoms with Crippen LogP contribution in [0.25, 0.3) is 10.9 Å². The SMILES string of the molecule is Nc1n[nH]c2ccc(C(=O)N3CCCCC3)cc12. The molecule has 1 aliphatic rings. The molecule has 1 amide bonds. The Balaban J connectivity index is 1.93. The number of H-pyrrole nitrogens is 1. The molecule has 1 aromatic heterocycles. The third-order valence-electron chi connectivity index (χ3n) is 3.48. The molecule has 0 saturated carbocycles. The zero-order valence-electron chi connectivity index (χ0n) is 10.1. The number of nitrogens with two attached hydrogens (primary N) is 1. The number of hydrogen-bond acceptors (Lipinski definition) is 3. The molecule has 5 heteroatoms. The van der Waals surface area contributed by atoms with Crippen LogP contribution in [0.2, 0.25) is 0 Å². The number of aromatic amines is 1. The Bertz CT molecular complexity index is 584. The number of carbonyl (C=O) groups excluding carboxylic acids is 1. The third-order valence-corrected chi connectivity index (χ3v) is 3.48. The summed E-state index contributed by atoms with van der Waals surface area (Å²) in [5.74, 6) is 0.537. The van der Waals surface area contributed by atoms with Gasteiger partial charge in [0, 0.05) is 24.0 Å². The zero-order valence-corrected chi connectivity index (χ0v) is 10.1. The number of aromatic nitrogens is 2. The van der Waals surface area contributed by atoms with Gasteiger partial charge in [0.05, 0.1) is 5.52 Å². The minimum Gasteiger partial charge on any atom is -0.382 e. The first-order valence-electron chi connectivity index (χ1n) is 6.28. The maximum Gasteiger partial charge on any atom is 0.253 e. The van der Waals surface area contributed by atoms with Crippen molar-refractivity contribution < 1.29 is 4.79 Å². The number of piperidine rings is 1. The average molecular weight is 244 g/mol. The summed E-state index contributed by atoms with van der Waals surface area (Å²) in [6, 6.07) is 5.51. The van der Waals surface area contributed by atoms with Crippen LogP contribution >= 0.6 is 0 Å². The lowest BCUT2D eigenvalue weighted by atomic mass is 10.1. The number of fused-ring (bicyclic) bond motifs is 1. The molecule has 0 spiro atoms. The van der Waals surface area contributed by atoms with Crippen LogP contribution < -0.4 is 5.73 Å². The van der Waals surface area contributed by atoms with E-state index in [2.05, 4.69) is 10.2 Å². The maximum absolute atomic E-state index is 12.3. The molecule has 0 aliphatic carbocycles. The third kappa shape index (κ3) is 1.81. The summed E-state index contributed by atoms with van der Waals surface area (Å²) >= 11 is 0. The first-order valence-corrected chi connectivity index (χ1v) is 6.28. The van der Waals surface area contributed by atoms with Gasteiger partial charge < -0.3 is 10.6 Å². The number of hydrogen-bond donors (Lipinski definition) is 2. The normalized spacial score (nSPS) is 16.1. The molecule has 3 N–H and O–H groups in total. The molecule has 0 atom stereocenters. The number of anilines is 1. The highest BCUT2D eigenvalue weighted by Gasteiger charge is 2.18. The van der Waals surface area contributed by atoms with Gasteiger partial charge in [0.25, 0.3) is 5.91 Å². The van der Waals surface area contributed by atoms with Gasteiger partial charge in [-0.3, -0.25) is 9.89 Å². The van der Waals surface area contributed by atoms with Crippen molar-refractivity contribution in [2.24, 2.45) is 0 Å². The van der Waals surface area contributed by atoms with Crippen molar-refractivity contribution in [1.82, 2.24) is 15.1 Å². The van der Waals surface area contributed by atoms with Crippen molar-refractivity contribution in [2.75, 3.05) is 18.8 Å². The summed E-state index contributed by atoms with van der Waals surface area (Å²) in [4.78, 5) is 14.2. The van der Waals surface area contributed by atoms with Crippen LogP contribution in [0.1, 0.15) is 29.6 Å². The lowest BCUT2D eigenvalue weighted by Gasteiger charge is -2.26. The summed E-state index contributed by atoms with van der Waals surface area (Å²) in [7, 11) is 0. The molecule has 94 valence electrons. The number of nitrogens with zero attached hydrogens (tertiary/aromatic N) is 2. The first kappa shape index (κ1) is 11.1. The van der Waals surface area contributed by atoms with Gasteiger partial charge >= 0.3 is 0 Å². The number of nitrogens with one attached hydrogen (secondary N) is 1. The van der Waals surface area contributed by atoms with E-state index in [0.29, 0.717) is 11.4 Å². The number of nitrogen functional groups attached to an aromatic ring is 1. The second-order valence-electron chi connectivity index (χ2n) is 4.72. The fraction of sp³-hybridized carbons (Fsp3) is 0.385. The van der Waals surface area contributed by atoms with Crippen LogP contribution in [0.5, 0.6) is 0 Å². The van der Waals surface area contributed by atoms with Crippen molar-refractivity contribution in [3.63, 3.8) is 0 Å². The molecule has 1 aliphatic heterocycles. The van der Waals surface area contributed by atoms with E-state index >= 15 is 0 Å². The highest BCUT2D eigenvalue weighted by molar-refractivity contribution is 6.00. The van der Waals surface area contributed by atoms with E-state index in [1.165, 1.54) is 6.42 Å². The van der Waals surface area contributed by atoms with E-state index in [4.69, 9.17) is 5.73 Å². The van der Waals surface area contributed by atoms with Crippen molar-refractivity contribution >= 4 is 22.6 Å². The van der Waals surface area contributed by atoms with E-state index in [9.17, 15) is 4.79 Å². The predicted octanol–water partition coefficient (Wildman–Crippen LogP) is 1.77. The van der Waals surface area contributed by atoms with Crippen LogP contribution in [-0.2, 0) is 0 Å². The van der Waals surface area contributed by atoms with E-state index in [0.717, 1.165) is 36.8 Å². The topological polar surface area (TPSA) is 75.0 Å². The predicted molar refractivity (Wildman–Crippen MR) is 70.3 cm³/mol. The summed E-state index contributed by atoms with van der Waals surface area (Å²) in [5, 5.41) is 7.59. The molecular weight excluding hydrogens is 228 g/mol. The second-order valence-corrected chi connectivity index (χ2v) is 4.72. The van der Waals surface area contributed by atoms with E-state index in [1.807, 2.05) is 23.1 Å². The molecule has 2 heterocycles. The number of rotatable bonds is 1. The lowest BCUT2D eigenvalue weighted by Crippen LogP contribution is -2.35. The van der Waals surface area contributed by atoms with Crippen LogP contribution in [0, 0.1) is 0 Å². The molecule has 5 nitrogen and oxygen atoms in total. The number of benzene rings is 1. The highest BCUT2D eigenvalue weighted by atomic mass is 16.2. The van der Waals surface area contributed by atoms with E-state index < -0.39 is 0 Å². The fourth-order valence-corrected chi connectivity index (χ4v) is 2.45. The fourth-order valence-electron chi connectivity index (χ4n) is 2.45. The molecule has 0 unspecified atom stereocenters. The van der Waals surface area contributed by atoms with E-state index in [1.54, 1.807) is 0 Å². The number of carbonyl (C=O) groups is 1. The lowest BCUT2D eigenvalue weighted by molar-refractivity contribution is 0.0724. The van der Waals surface area contributed by atoms with Gasteiger partial charge in [-0.05, 0) is 37.5 Å². The molecule has 3 rings (SSSR count). The molecule has 0 bridgehead atoms. The first-order chi connectivity index (χ1) is 8.75. The Hall–Kier alpha value is -2.04. The van der Waals surface area contributed by atoms with Gasteiger partial charge in [-0.25, -0.2) is 0 Å². The standard InChI is InChI=1S/C13H16N4O/c14-12-10-8-9(4-5-11(10)15-16-12)13(18)17-6-2-1-3-7-17/h4-5,8H,1-3,6-7H2,(H3,14,15,16). The Morgan fingerprint density at radius 3 is 2.83 bits per heavy atom. The molecule has 1 aromatic carbocycles. The van der Waals surface area contributed by atoms with E-state index in [-0.39, 0.29) is 5.91 Å². The molecule has 1 fully saturated rings. The van der Waals surface area contributed by atoms with Gasteiger partial charge in [0.2, 0.25) is 0 Å². The van der Waals surface area contributed by atoms with Crippen LogP contribution in [-0.4, -0.2) is 34.1 Å². The minimum absolute atomic E-state index is 0.0946. The Labute approximate surface area is 105 Å². The van der Waals surface area contributed by atoms with Gasteiger partial charge in [-0.15, -0.1) is 0 Å². The number of likely N-dealkylation sites (tertiary alicyclic amines) is 1. The Morgan fingerprint density at radius 1 is 1.28 bits per heavy atom. The van der Waals surface area contributed by atoms with Crippen molar-refractivity contribution in [3.8, 4) is 0 Å². The van der Waals surface area contributed by atoms with Gasteiger partial charge in [-0.1, -0.05) is 0 Å². The van der Waals surface area contributed by atoms with Crippen LogP contribution in [0.15, 0.2) is 18.2 Å². The summed E-state index contributed by atoms with van der Waals surface area (Å²) < 4.78 is 0. The minimum atomic E-state index is 0.0946. The Kier molecular flexibility index (Phi) is 2.66. The van der Waals surface area contributed by atoms with Gasteiger partial charge in [0.1, 0.15) is 0 Å². The summed E-state index contributed by atoms with van der Waals surface area (Å²) in [6.45, 7) is 1.72. The van der Waals surface area contributed by atoms with Gasteiger partial charge in [0.15, 0.2) is 5.82 Å². The molecule has 0 radical (unpaired) electrons. The average Bonchev–Trinajstić information content (AvgIpc) is 2.80. The Morgan fingerprint density at radius 2 is 2.06 bits per heavy atom. The molecular formula is C13H16N4O. The summed E-state index contributed by atoms with van der Waals surface area (Å²) in [6.07, 6.45) is 3.42. The van der Waals surface area contributed by atoms with Gasteiger partial charge in [-0.2, -0.15) is 5.10 Å². The monoisotopic (exact) mass is 244 g/mol. The van der Waals surface area contributed by atoms with Crippen LogP contribution in [0.4, 0.5) is 5.82 Å². The quantitative estimate of drug-likeness (QED) is 0.802. The summed E-state index contributed by atoms with van der Waals surface area (Å²) in [5.41, 5.74) is 7.31. The molecule has 1 saturated heterocycles. The van der Waals surface area contributed by atoms with Crippen molar-refractivity contribution in [1.29, 1.82) is 0 Å². The van der Waals surface area contributed by atoms with Crippen LogP contribution in [0.3, 0.4) is 0 Å².